The van der Waals surface area contributed by atoms with Gasteiger partial charge in [-0.3, -0.25) is 0 Å². The first-order valence-corrected chi connectivity index (χ1v) is 7.78. The summed E-state index contributed by atoms with van der Waals surface area (Å²) in [7, 11) is 0. The fourth-order valence-electron chi connectivity index (χ4n) is 2.53. The molecular formula is C16H24F2N2S. The number of hydrogen-bond acceptors (Lipinski definition) is 2. The lowest BCUT2D eigenvalue weighted by Gasteiger charge is -2.34. The van der Waals surface area contributed by atoms with Gasteiger partial charge in [-0.15, -0.1) is 0 Å². The number of thiocarbonyl (C=S) groups is 1. The van der Waals surface area contributed by atoms with E-state index in [2.05, 4.69) is 0 Å². The standard InChI is InChI=1S/C16H24F2N2S/c1-5-12(6-2)20(9-10(3)4)15-13(17)7-11(16(19)21)8-14(15)18/h7-8,10,12H,5-6,9H2,1-4H3,(H2,19,21). The van der Waals surface area contributed by atoms with E-state index in [1.807, 2.05) is 32.6 Å². The van der Waals surface area contributed by atoms with Crippen LogP contribution in [0.4, 0.5) is 14.5 Å². The third-order valence-electron chi connectivity index (χ3n) is 3.53. The van der Waals surface area contributed by atoms with Gasteiger partial charge >= 0.3 is 0 Å². The van der Waals surface area contributed by atoms with Crippen molar-refractivity contribution in [1.29, 1.82) is 0 Å². The van der Waals surface area contributed by atoms with Crippen molar-refractivity contribution in [2.24, 2.45) is 11.7 Å². The molecule has 0 bridgehead atoms. The summed E-state index contributed by atoms with van der Waals surface area (Å²) < 4.78 is 28.8. The van der Waals surface area contributed by atoms with E-state index in [0.29, 0.717) is 12.5 Å². The molecule has 1 aromatic carbocycles. The van der Waals surface area contributed by atoms with Crippen molar-refractivity contribution in [1.82, 2.24) is 0 Å². The van der Waals surface area contributed by atoms with Gasteiger partial charge in [0.25, 0.3) is 0 Å². The van der Waals surface area contributed by atoms with E-state index in [1.54, 1.807) is 0 Å². The summed E-state index contributed by atoms with van der Waals surface area (Å²) in [4.78, 5) is 1.83. The number of anilines is 1. The van der Waals surface area contributed by atoms with Gasteiger partial charge in [-0.05, 0) is 30.9 Å². The highest BCUT2D eigenvalue weighted by atomic mass is 32.1. The van der Waals surface area contributed by atoms with Crippen molar-refractivity contribution >= 4 is 22.9 Å². The van der Waals surface area contributed by atoms with Crippen LogP contribution in [0.5, 0.6) is 0 Å². The van der Waals surface area contributed by atoms with Gasteiger partial charge in [-0.2, -0.15) is 0 Å². The van der Waals surface area contributed by atoms with Gasteiger partial charge in [0.05, 0.1) is 0 Å². The van der Waals surface area contributed by atoms with Crippen LogP contribution >= 0.6 is 12.2 Å². The Kier molecular flexibility index (Phi) is 6.52. The highest BCUT2D eigenvalue weighted by Gasteiger charge is 2.24. The molecule has 0 aliphatic carbocycles. The van der Waals surface area contributed by atoms with Crippen LogP contribution in [0.1, 0.15) is 46.1 Å². The molecule has 5 heteroatoms. The van der Waals surface area contributed by atoms with Crippen LogP contribution < -0.4 is 10.6 Å². The maximum Gasteiger partial charge on any atom is 0.150 e. The van der Waals surface area contributed by atoms with Gasteiger partial charge < -0.3 is 10.6 Å². The molecule has 2 nitrogen and oxygen atoms in total. The molecule has 0 saturated heterocycles. The van der Waals surface area contributed by atoms with Crippen molar-refractivity contribution < 1.29 is 8.78 Å². The Morgan fingerprint density at radius 1 is 1.19 bits per heavy atom. The summed E-state index contributed by atoms with van der Waals surface area (Å²) in [5.41, 5.74) is 5.70. The van der Waals surface area contributed by atoms with Crippen LogP contribution in [0.15, 0.2) is 12.1 Å². The zero-order chi connectivity index (χ0) is 16.2. The summed E-state index contributed by atoms with van der Waals surface area (Å²) in [5.74, 6) is -0.907. The molecule has 1 aromatic rings. The minimum atomic E-state index is -0.606. The minimum absolute atomic E-state index is 0.00251. The molecule has 0 heterocycles. The highest BCUT2D eigenvalue weighted by Crippen LogP contribution is 2.29. The summed E-state index contributed by atoms with van der Waals surface area (Å²) in [6.07, 6.45) is 1.66. The van der Waals surface area contributed by atoms with Gasteiger partial charge in [0.2, 0.25) is 0 Å². The fraction of sp³-hybridized carbons (Fsp3) is 0.562. The molecule has 0 aliphatic rings. The Bertz CT molecular complexity index is 476. The van der Waals surface area contributed by atoms with E-state index in [-0.39, 0.29) is 22.3 Å². The Hall–Kier alpha value is -1.23. The Labute approximate surface area is 131 Å². The lowest BCUT2D eigenvalue weighted by atomic mass is 10.0. The lowest BCUT2D eigenvalue weighted by Crippen LogP contribution is -2.38. The van der Waals surface area contributed by atoms with E-state index in [1.165, 1.54) is 12.1 Å². The van der Waals surface area contributed by atoms with E-state index >= 15 is 0 Å². The highest BCUT2D eigenvalue weighted by molar-refractivity contribution is 7.80. The maximum absolute atomic E-state index is 14.4. The van der Waals surface area contributed by atoms with Crippen molar-refractivity contribution in [3.05, 3.63) is 29.3 Å². The zero-order valence-electron chi connectivity index (χ0n) is 13.1. The largest absolute Gasteiger partial charge is 0.389 e. The van der Waals surface area contributed by atoms with Crippen molar-refractivity contribution in [2.75, 3.05) is 11.4 Å². The first kappa shape index (κ1) is 17.8. The average Bonchev–Trinajstić information content (AvgIpc) is 2.38. The van der Waals surface area contributed by atoms with Crippen LogP contribution in [0, 0.1) is 17.6 Å². The first-order valence-electron chi connectivity index (χ1n) is 7.37. The molecule has 0 atom stereocenters. The van der Waals surface area contributed by atoms with Crippen LogP contribution in [0.2, 0.25) is 0 Å². The molecule has 21 heavy (non-hydrogen) atoms. The Morgan fingerprint density at radius 2 is 1.67 bits per heavy atom. The van der Waals surface area contributed by atoms with Gasteiger partial charge in [0, 0.05) is 18.2 Å². The van der Waals surface area contributed by atoms with Crippen LogP contribution in [0.3, 0.4) is 0 Å². The van der Waals surface area contributed by atoms with Gasteiger partial charge in [-0.1, -0.05) is 39.9 Å². The molecule has 0 spiro atoms. The molecule has 0 aliphatic heterocycles. The number of hydrogen-bond donors (Lipinski definition) is 1. The molecule has 0 aromatic heterocycles. The van der Waals surface area contributed by atoms with Crippen LogP contribution in [0.25, 0.3) is 0 Å². The third kappa shape index (κ3) is 4.37. The topological polar surface area (TPSA) is 29.3 Å². The van der Waals surface area contributed by atoms with E-state index < -0.39 is 11.6 Å². The Morgan fingerprint density at radius 3 is 2.00 bits per heavy atom. The SMILES string of the molecule is CCC(CC)N(CC(C)C)c1c(F)cc(C(N)=S)cc1F. The smallest absolute Gasteiger partial charge is 0.150 e. The van der Waals surface area contributed by atoms with Crippen LogP contribution in [-0.4, -0.2) is 17.6 Å². The fourth-order valence-corrected chi connectivity index (χ4v) is 2.65. The molecule has 0 unspecified atom stereocenters. The summed E-state index contributed by atoms with van der Waals surface area (Å²) in [6, 6.07) is 2.54. The number of benzene rings is 1. The second-order valence-corrected chi connectivity index (χ2v) is 6.11. The number of nitrogens with zero attached hydrogens (tertiary/aromatic N) is 1. The molecule has 1 rings (SSSR count). The monoisotopic (exact) mass is 314 g/mol. The first-order chi connectivity index (χ1) is 9.81. The predicted octanol–water partition coefficient (Wildman–Crippen LogP) is 4.25. The molecule has 0 saturated carbocycles. The van der Waals surface area contributed by atoms with Gasteiger partial charge in [0.1, 0.15) is 22.3 Å². The van der Waals surface area contributed by atoms with E-state index in [4.69, 9.17) is 18.0 Å². The van der Waals surface area contributed by atoms with Crippen LogP contribution in [-0.2, 0) is 0 Å². The number of nitrogens with two attached hydrogens (primary N) is 1. The molecule has 118 valence electrons. The number of halogens is 2. The summed E-state index contributed by atoms with van der Waals surface area (Å²) in [5, 5.41) is 0. The van der Waals surface area contributed by atoms with Crippen molar-refractivity contribution in [3.63, 3.8) is 0 Å². The van der Waals surface area contributed by atoms with Crippen molar-refractivity contribution in [3.8, 4) is 0 Å². The van der Waals surface area contributed by atoms with Gasteiger partial charge in [-0.25, -0.2) is 8.78 Å². The number of rotatable bonds is 7. The predicted molar refractivity (Wildman–Crippen MR) is 88.8 cm³/mol. The molecule has 0 amide bonds. The van der Waals surface area contributed by atoms with Gasteiger partial charge in [0.15, 0.2) is 0 Å². The average molecular weight is 314 g/mol. The second kappa shape index (κ2) is 7.69. The quantitative estimate of drug-likeness (QED) is 0.763. The zero-order valence-corrected chi connectivity index (χ0v) is 13.9. The normalized spacial score (nSPS) is 11.2. The second-order valence-electron chi connectivity index (χ2n) is 5.67. The van der Waals surface area contributed by atoms with E-state index in [9.17, 15) is 8.78 Å². The molecule has 0 fully saturated rings. The summed E-state index contributed by atoms with van der Waals surface area (Å²) >= 11 is 4.79. The molecular weight excluding hydrogens is 290 g/mol. The maximum atomic E-state index is 14.4. The lowest BCUT2D eigenvalue weighted by molar-refractivity contribution is 0.481. The molecule has 2 N–H and O–H groups in total. The molecule has 0 radical (unpaired) electrons. The van der Waals surface area contributed by atoms with Crippen molar-refractivity contribution in [2.45, 2.75) is 46.6 Å². The summed E-state index contributed by atoms with van der Waals surface area (Å²) in [6.45, 7) is 8.73. The Balaban J connectivity index is 3.33. The minimum Gasteiger partial charge on any atom is -0.389 e. The third-order valence-corrected chi connectivity index (χ3v) is 3.77. The van der Waals surface area contributed by atoms with E-state index in [0.717, 1.165) is 12.8 Å².